The van der Waals surface area contributed by atoms with Gasteiger partial charge in [0, 0.05) is 5.56 Å². The van der Waals surface area contributed by atoms with Gasteiger partial charge in [0.1, 0.15) is 5.75 Å². The summed E-state index contributed by atoms with van der Waals surface area (Å²) in [6.07, 6.45) is 1.84. The van der Waals surface area contributed by atoms with Gasteiger partial charge in [-0.15, -0.1) is 0 Å². The van der Waals surface area contributed by atoms with E-state index in [2.05, 4.69) is 17.6 Å². The van der Waals surface area contributed by atoms with Crippen molar-refractivity contribution in [1.82, 2.24) is 5.32 Å². The zero-order chi connectivity index (χ0) is 16.9. The number of hydrogen-bond acceptors (Lipinski definition) is 3. The molecule has 0 fully saturated rings. The normalized spacial score (nSPS) is 14.1. The van der Waals surface area contributed by atoms with Gasteiger partial charge in [0.25, 0.3) is 11.8 Å². The Bertz CT molecular complexity index is 744. The lowest BCUT2D eigenvalue weighted by molar-refractivity contribution is -0.118. The van der Waals surface area contributed by atoms with Crippen LogP contribution in [0.25, 0.3) is 0 Å². The monoisotopic (exact) mass is 324 g/mol. The highest BCUT2D eigenvalue weighted by Gasteiger charge is 2.19. The van der Waals surface area contributed by atoms with Crippen molar-refractivity contribution in [1.29, 1.82) is 0 Å². The summed E-state index contributed by atoms with van der Waals surface area (Å²) in [4.78, 5) is 23.9. The first-order valence-electron chi connectivity index (χ1n) is 8.10. The molecule has 5 heteroatoms. The molecule has 0 spiro atoms. The second-order valence-corrected chi connectivity index (χ2v) is 5.77. The molecule has 1 aliphatic heterocycles. The van der Waals surface area contributed by atoms with Crippen molar-refractivity contribution in [2.45, 2.75) is 25.8 Å². The molecule has 24 heavy (non-hydrogen) atoms. The van der Waals surface area contributed by atoms with Gasteiger partial charge in [-0.25, -0.2) is 0 Å². The Morgan fingerprint density at radius 1 is 1.25 bits per heavy atom. The Balaban J connectivity index is 1.77. The van der Waals surface area contributed by atoms with E-state index < -0.39 is 0 Å². The first kappa shape index (κ1) is 16.1. The third-order valence-corrected chi connectivity index (χ3v) is 3.96. The summed E-state index contributed by atoms with van der Waals surface area (Å²) < 4.78 is 5.37. The van der Waals surface area contributed by atoms with Crippen LogP contribution in [0.5, 0.6) is 5.75 Å². The minimum absolute atomic E-state index is 0.0272. The number of ether oxygens (including phenoxy) is 1. The van der Waals surface area contributed by atoms with Crippen LogP contribution in [-0.4, -0.2) is 18.4 Å². The molecule has 0 aromatic heterocycles. The summed E-state index contributed by atoms with van der Waals surface area (Å²) in [5, 5.41) is 5.80. The van der Waals surface area contributed by atoms with Crippen molar-refractivity contribution < 1.29 is 14.3 Å². The minimum Gasteiger partial charge on any atom is -0.482 e. The summed E-state index contributed by atoms with van der Waals surface area (Å²) in [5.41, 5.74) is 2.20. The molecular formula is C19H20N2O3. The predicted molar refractivity (Wildman–Crippen MR) is 92.1 cm³/mol. The molecule has 0 radical (unpaired) electrons. The van der Waals surface area contributed by atoms with E-state index in [4.69, 9.17) is 4.74 Å². The van der Waals surface area contributed by atoms with Gasteiger partial charge in [-0.1, -0.05) is 43.7 Å². The summed E-state index contributed by atoms with van der Waals surface area (Å²) >= 11 is 0. The molecule has 2 aromatic rings. The smallest absolute Gasteiger partial charge is 0.262 e. The Hall–Kier alpha value is -2.82. The largest absolute Gasteiger partial charge is 0.482 e. The van der Waals surface area contributed by atoms with Gasteiger partial charge in [-0.2, -0.15) is 0 Å². The Morgan fingerprint density at radius 2 is 2.04 bits per heavy atom. The lowest BCUT2D eigenvalue weighted by Gasteiger charge is -2.21. The standard InChI is InChI=1S/C19H20N2O3/c1-2-6-15(13-7-4-3-5-8-13)21-19(23)14-9-10-16-17(11-14)24-12-18(22)20-16/h3-5,7-11,15H,2,6,12H2,1H3,(H,20,22)(H,21,23)/t15-/m0/s1. The van der Waals surface area contributed by atoms with E-state index in [1.807, 2.05) is 30.3 Å². The first-order chi connectivity index (χ1) is 11.7. The molecule has 0 aliphatic carbocycles. The van der Waals surface area contributed by atoms with Gasteiger partial charge >= 0.3 is 0 Å². The molecule has 3 rings (SSSR count). The Labute approximate surface area is 141 Å². The second kappa shape index (κ2) is 7.17. The number of carbonyl (C=O) groups excluding carboxylic acids is 2. The van der Waals surface area contributed by atoms with Crippen LogP contribution < -0.4 is 15.4 Å². The molecule has 0 saturated heterocycles. The minimum atomic E-state index is -0.188. The summed E-state index contributed by atoms with van der Waals surface area (Å²) in [6, 6.07) is 15.0. The third-order valence-electron chi connectivity index (χ3n) is 3.96. The fraction of sp³-hybridized carbons (Fsp3) is 0.263. The summed E-state index contributed by atoms with van der Waals surface area (Å²) in [6.45, 7) is 2.07. The van der Waals surface area contributed by atoms with Gasteiger partial charge in [0.05, 0.1) is 11.7 Å². The topological polar surface area (TPSA) is 67.4 Å². The molecule has 2 aromatic carbocycles. The average Bonchev–Trinajstić information content (AvgIpc) is 2.61. The fourth-order valence-corrected chi connectivity index (χ4v) is 2.75. The highest BCUT2D eigenvalue weighted by molar-refractivity contribution is 5.99. The average molecular weight is 324 g/mol. The van der Waals surface area contributed by atoms with Gasteiger partial charge in [0.15, 0.2) is 6.61 Å². The molecule has 2 amide bonds. The van der Waals surface area contributed by atoms with E-state index in [-0.39, 0.29) is 24.5 Å². The molecule has 1 aliphatic rings. The van der Waals surface area contributed by atoms with Crippen molar-refractivity contribution in [2.24, 2.45) is 0 Å². The molecule has 0 saturated carbocycles. The van der Waals surface area contributed by atoms with Crippen LogP contribution in [0.15, 0.2) is 48.5 Å². The van der Waals surface area contributed by atoms with Crippen molar-refractivity contribution in [3.05, 3.63) is 59.7 Å². The van der Waals surface area contributed by atoms with Crippen LogP contribution in [0.1, 0.15) is 41.7 Å². The SMILES string of the molecule is CCC[C@H](NC(=O)c1ccc2c(c1)OCC(=O)N2)c1ccccc1. The molecule has 0 bridgehead atoms. The summed E-state index contributed by atoms with van der Waals surface area (Å²) in [7, 11) is 0. The van der Waals surface area contributed by atoms with E-state index in [0.29, 0.717) is 17.0 Å². The van der Waals surface area contributed by atoms with Crippen LogP contribution in [0.4, 0.5) is 5.69 Å². The van der Waals surface area contributed by atoms with Crippen LogP contribution in [-0.2, 0) is 4.79 Å². The van der Waals surface area contributed by atoms with Crippen molar-refractivity contribution in [3.63, 3.8) is 0 Å². The molecule has 2 N–H and O–H groups in total. The number of carbonyl (C=O) groups is 2. The predicted octanol–water partition coefficient (Wildman–Crippen LogP) is 3.29. The van der Waals surface area contributed by atoms with Crippen LogP contribution in [0, 0.1) is 0 Å². The van der Waals surface area contributed by atoms with E-state index in [9.17, 15) is 9.59 Å². The van der Waals surface area contributed by atoms with Crippen molar-refractivity contribution in [3.8, 4) is 5.75 Å². The van der Waals surface area contributed by atoms with Gasteiger partial charge in [-0.3, -0.25) is 9.59 Å². The van der Waals surface area contributed by atoms with Crippen LogP contribution in [0.2, 0.25) is 0 Å². The Kier molecular flexibility index (Phi) is 4.79. The van der Waals surface area contributed by atoms with Crippen LogP contribution in [0.3, 0.4) is 0 Å². The molecule has 1 atom stereocenters. The van der Waals surface area contributed by atoms with E-state index >= 15 is 0 Å². The molecule has 124 valence electrons. The number of fused-ring (bicyclic) bond motifs is 1. The van der Waals surface area contributed by atoms with E-state index in [1.54, 1.807) is 18.2 Å². The van der Waals surface area contributed by atoms with E-state index in [0.717, 1.165) is 18.4 Å². The Morgan fingerprint density at radius 3 is 2.79 bits per heavy atom. The molecular weight excluding hydrogens is 304 g/mol. The quantitative estimate of drug-likeness (QED) is 0.887. The maximum Gasteiger partial charge on any atom is 0.262 e. The van der Waals surface area contributed by atoms with Crippen LogP contribution >= 0.6 is 0 Å². The molecule has 0 unspecified atom stereocenters. The molecule has 5 nitrogen and oxygen atoms in total. The fourth-order valence-electron chi connectivity index (χ4n) is 2.75. The van der Waals surface area contributed by atoms with Gasteiger partial charge < -0.3 is 15.4 Å². The highest BCUT2D eigenvalue weighted by Crippen LogP contribution is 2.29. The zero-order valence-electron chi connectivity index (χ0n) is 13.5. The number of nitrogens with one attached hydrogen (secondary N) is 2. The lowest BCUT2D eigenvalue weighted by Crippen LogP contribution is -2.29. The highest BCUT2D eigenvalue weighted by atomic mass is 16.5. The van der Waals surface area contributed by atoms with Gasteiger partial charge in [0.2, 0.25) is 0 Å². The number of hydrogen-bond donors (Lipinski definition) is 2. The molecule has 1 heterocycles. The first-order valence-corrected chi connectivity index (χ1v) is 8.10. The lowest BCUT2D eigenvalue weighted by atomic mass is 10.0. The van der Waals surface area contributed by atoms with Gasteiger partial charge in [-0.05, 0) is 30.2 Å². The number of anilines is 1. The third kappa shape index (κ3) is 3.56. The maximum atomic E-state index is 12.6. The zero-order valence-corrected chi connectivity index (χ0v) is 13.5. The number of amides is 2. The van der Waals surface area contributed by atoms with Crippen molar-refractivity contribution >= 4 is 17.5 Å². The number of rotatable bonds is 5. The maximum absolute atomic E-state index is 12.6. The van der Waals surface area contributed by atoms with E-state index in [1.165, 1.54) is 0 Å². The number of benzene rings is 2. The second-order valence-electron chi connectivity index (χ2n) is 5.77. The summed E-state index contributed by atoms with van der Waals surface area (Å²) in [5.74, 6) is 0.182. The van der Waals surface area contributed by atoms with Crippen molar-refractivity contribution in [2.75, 3.05) is 11.9 Å².